The van der Waals surface area contributed by atoms with Crippen molar-refractivity contribution in [3.05, 3.63) is 69.8 Å². The number of rotatable bonds is 3. The molecule has 23 heteroatoms. The zero-order valence-corrected chi connectivity index (χ0v) is 65.3. The van der Waals surface area contributed by atoms with Gasteiger partial charge in [0.25, 0.3) is 0 Å². The van der Waals surface area contributed by atoms with Crippen LogP contribution in [0.3, 0.4) is 0 Å². The monoisotopic (exact) mass is 1580 g/mol. The Morgan fingerprint density at radius 2 is 0.594 bits per heavy atom. The first-order valence-electron chi connectivity index (χ1n) is 35.7. The number of halogens is 4. The summed E-state index contributed by atoms with van der Waals surface area (Å²) in [4.78, 5) is 73.7. The molecule has 4 unspecified atom stereocenters. The van der Waals surface area contributed by atoms with E-state index in [1.165, 1.54) is 30.3 Å². The van der Waals surface area contributed by atoms with Gasteiger partial charge >= 0.3 is 49.6 Å². The molecule has 4 aromatic rings. The molecule has 4 aromatic carbocycles. The van der Waals surface area contributed by atoms with Crippen molar-refractivity contribution in [2.24, 2.45) is 69.5 Å². The molecule has 12 saturated carbocycles. The predicted molar refractivity (Wildman–Crippen MR) is 383 cm³/mol. The number of phenols is 9. The number of Topliss-reactive ketones (excluding diaryl/α,β-unsaturated/α-hetero) is 6. The zero-order chi connectivity index (χ0) is 74.0. The van der Waals surface area contributed by atoms with E-state index < -0.39 is 30.7 Å². The number of ether oxygens (including phenoxy) is 3. The number of phenolic OH excluding ortho intramolecular Hbond substituents is 9. The summed E-state index contributed by atoms with van der Waals surface area (Å²) in [5.74, 6) is 3.13. The number of hydrogen-bond donors (Lipinski definition) is 9. The number of hydrogen-bond acceptors (Lipinski definition) is 18. The van der Waals surface area contributed by atoms with Crippen LogP contribution in [0.2, 0.25) is 0 Å². The van der Waals surface area contributed by atoms with Crippen molar-refractivity contribution < 1.29 is 88.9 Å². The molecule has 9 N–H and O–H groups in total. The molecule has 0 spiro atoms. The van der Waals surface area contributed by atoms with E-state index >= 15 is 0 Å². The zero-order valence-electron chi connectivity index (χ0n) is 59.4. The fourth-order valence-electron chi connectivity index (χ4n) is 21.5. The van der Waals surface area contributed by atoms with Gasteiger partial charge in [-0.3, -0.25) is 28.8 Å². The first kappa shape index (κ1) is 75.2. The summed E-state index contributed by atoms with van der Waals surface area (Å²) in [7, 11) is 20.1. The SMILES string of the molecule is CC1(C)C2C[C@H]1C(=O)C[C@H]2c1c(O)cc(O)c(C2CC(=O)[C@@H]3C[C@H]2C3(C)C)c1O.CC1(C)C2C[C@H]1C(=O)C[C@H]2c1c(O)cc(O)cc1O.CC1(C)Oc2cc(O)cc(O)c2[C@@H]2CC(=O)CC[C@H]21.CC1(C)Oc2cc3c(c(O)c2C2CC(=O)CC[C@H]21)[C@@H]1CC(=O)CC[C@H]1C(C)(C)O3.[Cl][Sn]([Cl])([Cl])[Cl]. The van der Waals surface area contributed by atoms with Crippen molar-refractivity contribution >= 4 is 84.3 Å². The van der Waals surface area contributed by atoms with E-state index in [4.69, 9.17) is 49.9 Å². The van der Waals surface area contributed by atoms with Crippen LogP contribution in [-0.4, -0.2) is 111 Å². The second-order valence-electron chi connectivity index (χ2n) is 34.4. The molecule has 12 fully saturated rings. The maximum absolute atomic E-state index is 12.6. The molecule has 3 aliphatic heterocycles. The Balaban J connectivity index is 0.000000127. The van der Waals surface area contributed by atoms with Crippen molar-refractivity contribution in [3.8, 4) is 69.0 Å². The summed E-state index contributed by atoms with van der Waals surface area (Å²) in [6, 6.07) is 8.48. The topological polar surface area (TPSA) is 312 Å². The molecule has 0 saturated heterocycles. The van der Waals surface area contributed by atoms with E-state index in [1.807, 2.05) is 19.9 Å². The molecule has 0 radical (unpaired) electrons. The van der Waals surface area contributed by atoms with E-state index in [-0.39, 0.29) is 191 Å². The molecule has 3 heterocycles. The second kappa shape index (κ2) is 26.2. The number of carbonyl (C=O) groups is 6. The molecule has 19 rings (SSSR count). The number of aromatic hydroxyl groups is 9. The summed E-state index contributed by atoms with van der Waals surface area (Å²) >= 11 is -3.29. The van der Waals surface area contributed by atoms with Gasteiger partial charge in [0.05, 0.1) is 0 Å². The van der Waals surface area contributed by atoms with Crippen LogP contribution >= 0.6 is 35.7 Å². The van der Waals surface area contributed by atoms with Crippen molar-refractivity contribution in [3.63, 3.8) is 0 Å². The third kappa shape index (κ3) is 13.3. The summed E-state index contributed by atoms with van der Waals surface area (Å²) < 4.78 is 18.7. The van der Waals surface area contributed by atoms with Crippen LogP contribution in [0.15, 0.2) is 36.4 Å². The summed E-state index contributed by atoms with van der Waals surface area (Å²) in [6.07, 6.45) is 8.79. The normalized spacial score (nSPS) is 32.9. The molecular formula is C78H96Cl4O18Sn. The fraction of sp³-hybridized carbons (Fsp3) is 0.615. The Hall–Kier alpha value is -5.54. The van der Waals surface area contributed by atoms with Gasteiger partial charge in [-0.05, 0) is 114 Å². The van der Waals surface area contributed by atoms with Gasteiger partial charge in [0.1, 0.15) is 120 Å². The molecule has 101 heavy (non-hydrogen) atoms. The van der Waals surface area contributed by atoms with Crippen LogP contribution in [0, 0.1) is 69.5 Å². The van der Waals surface area contributed by atoms with Gasteiger partial charge in [-0.25, -0.2) is 0 Å². The van der Waals surface area contributed by atoms with E-state index in [1.54, 1.807) is 0 Å². The van der Waals surface area contributed by atoms with Crippen LogP contribution in [0.4, 0.5) is 0 Å². The first-order valence-corrected chi connectivity index (χ1v) is 50.1. The number of benzene rings is 4. The standard InChI is InChI=1S/2C24H30O5.2C15H18O4.4ClH.Sn/c1-23(2)12-7-14(23)16(25)5-10(12)20-18(27)9-19(28)21(22(20)29)11-6-17(26)15-8-13(11)24(15,3)4;1-23(2)16-7-5-12(25)9-14(16)20-18(28-23)11-19-21(22(20)27)15-10-13(26)6-8-17(15)24(3,4)29-19;1-15(2)9-6-10(15)11(17)5-8(9)14-12(18)3-7(16)4-13(14)19;1-15(2)11-4-3-8(16)5-10(11)14-12(18)6-9(17)7-13(14)19-15;;;;;/h9-15,27-29H,5-8H2,1-4H3;11,14-17,27H,5-10H2,1-4H3;3-4,8-10,16,18-19H,5-6H2,1-2H3;6-7,10-11,17-18H,3-5H2,1-2H3;4*1H;/q;;;;;;;;+4/p-4/t10-,11?,12?,13-,14+,15+;14-,15?,16-,17-;8-,9?,10+;10-,11-;;;;;/m1111...../s1. The van der Waals surface area contributed by atoms with Gasteiger partial charge in [0.2, 0.25) is 0 Å². The van der Waals surface area contributed by atoms with Gasteiger partial charge in [-0.15, -0.1) is 0 Å². The van der Waals surface area contributed by atoms with E-state index in [9.17, 15) is 74.7 Å². The second-order valence-corrected chi connectivity index (χ2v) is 59.9. The van der Waals surface area contributed by atoms with E-state index in [0.29, 0.717) is 97.3 Å². The molecule has 12 aliphatic carbocycles. The number of carbonyl (C=O) groups excluding carboxylic acids is 6. The predicted octanol–water partition coefficient (Wildman–Crippen LogP) is 16.5. The van der Waals surface area contributed by atoms with Crippen molar-refractivity contribution in [1.29, 1.82) is 0 Å². The van der Waals surface area contributed by atoms with Crippen LogP contribution in [0.1, 0.15) is 248 Å². The molecule has 548 valence electrons. The van der Waals surface area contributed by atoms with Gasteiger partial charge in [-0.2, -0.15) is 0 Å². The van der Waals surface area contributed by atoms with Crippen molar-refractivity contribution in [2.75, 3.05) is 0 Å². The average molecular weight is 1580 g/mol. The summed E-state index contributed by atoms with van der Waals surface area (Å²) in [5, 5.41) is 93.1. The number of ketones is 6. The van der Waals surface area contributed by atoms with Crippen LogP contribution in [0.25, 0.3) is 0 Å². The van der Waals surface area contributed by atoms with Gasteiger partial charge in [-0.1, -0.05) is 41.5 Å². The Morgan fingerprint density at radius 1 is 0.337 bits per heavy atom. The van der Waals surface area contributed by atoms with Crippen LogP contribution in [-0.2, 0) is 28.8 Å². The van der Waals surface area contributed by atoms with Crippen molar-refractivity contribution in [1.82, 2.24) is 0 Å². The Labute approximate surface area is 608 Å². The Morgan fingerprint density at radius 3 is 0.911 bits per heavy atom. The Kier molecular flexibility index (Phi) is 19.5. The Bertz CT molecular complexity index is 3920. The van der Waals surface area contributed by atoms with Gasteiger partial charge in [0.15, 0.2) is 0 Å². The number of fused-ring (bicyclic) bond motifs is 15. The summed E-state index contributed by atoms with van der Waals surface area (Å²) in [6.45, 7) is 24.8. The average Bonchev–Trinajstić information content (AvgIpc) is 0.718. The molecule has 15 atom stereocenters. The summed E-state index contributed by atoms with van der Waals surface area (Å²) in [5.41, 5.74) is 1.76. The first-order chi connectivity index (χ1) is 46.7. The molecule has 18 nitrogen and oxygen atoms in total. The van der Waals surface area contributed by atoms with Crippen molar-refractivity contribution in [2.45, 2.75) is 232 Å². The minimum atomic E-state index is -3.29. The van der Waals surface area contributed by atoms with Gasteiger partial charge < -0.3 is 60.2 Å². The minimum absolute atomic E-state index is 0.0133. The molecule has 15 aliphatic rings. The third-order valence-corrected chi connectivity index (χ3v) is 26.8. The molecular weight excluding hydrogens is 1490 g/mol. The maximum atomic E-state index is 12.6. The van der Waals surface area contributed by atoms with E-state index in [0.717, 1.165) is 49.7 Å². The van der Waals surface area contributed by atoms with E-state index in [2.05, 4.69) is 69.2 Å². The quantitative estimate of drug-likeness (QED) is 0.0861. The molecule has 6 bridgehead atoms. The van der Waals surface area contributed by atoms with Gasteiger partial charge in [0, 0.05) is 199 Å². The van der Waals surface area contributed by atoms with Crippen LogP contribution < -0.4 is 14.2 Å². The third-order valence-electron chi connectivity index (χ3n) is 26.8. The fourth-order valence-corrected chi connectivity index (χ4v) is 21.5. The molecule has 0 aromatic heterocycles. The molecule has 0 amide bonds. The van der Waals surface area contributed by atoms with Crippen LogP contribution in [0.5, 0.6) is 69.0 Å².